The Kier molecular flexibility index (Phi) is 5.17. The molecule has 1 amide bonds. The van der Waals surface area contributed by atoms with Crippen LogP contribution in [0.2, 0.25) is 0 Å². The summed E-state index contributed by atoms with van der Waals surface area (Å²) in [6, 6.07) is 0. The number of thiophene rings is 1. The van der Waals surface area contributed by atoms with Crippen molar-refractivity contribution >= 4 is 28.2 Å². The van der Waals surface area contributed by atoms with Crippen LogP contribution in [0.15, 0.2) is 0 Å². The molecule has 0 bridgehead atoms. The van der Waals surface area contributed by atoms with Crippen molar-refractivity contribution in [2.24, 2.45) is 0 Å². The predicted molar refractivity (Wildman–Crippen MR) is 80.4 cm³/mol. The van der Waals surface area contributed by atoms with E-state index in [1.807, 2.05) is 0 Å². The van der Waals surface area contributed by atoms with Crippen molar-refractivity contribution in [1.29, 1.82) is 0 Å². The van der Waals surface area contributed by atoms with Gasteiger partial charge in [-0.25, -0.2) is 0 Å². The van der Waals surface area contributed by atoms with Gasteiger partial charge in [0.2, 0.25) is 5.91 Å². The molecule has 0 saturated heterocycles. The molecule has 1 aliphatic carbocycles. The molecule has 0 saturated carbocycles. The molecule has 0 spiro atoms. The van der Waals surface area contributed by atoms with E-state index < -0.39 is 5.97 Å². The van der Waals surface area contributed by atoms with E-state index in [2.05, 4.69) is 12.2 Å². The van der Waals surface area contributed by atoms with Crippen LogP contribution in [-0.2, 0) is 22.4 Å². The molecule has 1 heterocycles. The van der Waals surface area contributed by atoms with Crippen LogP contribution >= 0.6 is 11.3 Å². The summed E-state index contributed by atoms with van der Waals surface area (Å²) in [5, 5.41) is 12.5. The van der Waals surface area contributed by atoms with Gasteiger partial charge in [0.25, 0.3) is 0 Å². The van der Waals surface area contributed by atoms with Gasteiger partial charge in [0.1, 0.15) is 0 Å². The summed E-state index contributed by atoms with van der Waals surface area (Å²) < 4.78 is 0. The number of carboxylic acid groups (broad SMARTS) is 1. The van der Waals surface area contributed by atoms with Gasteiger partial charge in [-0.1, -0.05) is 0 Å². The van der Waals surface area contributed by atoms with Gasteiger partial charge < -0.3 is 10.4 Å². The lowest BCUT2D eigenvalue weighted by Crippen LogP contribution is -2.11. The zero-order chi connectivity index (χ0) is 14.5. The van der Waals surface area contributed by atoms with Crippen LogP contribution in [-0.4, -0.2) is 17.0 Å². The molecule has 2 N–H and O–H groups in total. The second kappa shape index (κ2) is 6.88. The third-order valence-electron chi connectivity index (χ3n) is 3.73. The molecular formula is C15H21NO3S. The van der Waals surface area contributed by atoms with E-state index in [9.17, 15) is 9.59 Å². The van der Waals surface area contributed by atoms with Gasteiger partial charge in [-0.05, 0) is 56.6 Å². The van der Waals surface area contributed by atoms with E-state index >= 15 is 0 Å². The third kappa shape index (κ3) is 3.82. The Labute approximate surface area is 123 Å². The number of fused-ring (bicyclic) bond motifs is 1. The SMILES string of the molecule is Cc1c(NC(=O)CCCCC(=O)O)sc2c1CCCC2. The number of hydrogen-bond donors (Lipinski definition) is 2. The lowest BCUT2D eigenvalue weighted by Gasteiger charge is -2.10. The highest BCUT2D eigenvalue weighted by Crippen LogP contribution is 2.37. The highest BCUT2D eigenvalue weighted by molar-refractivity contribution is 7.16. The normalized spacial score (nSPS) is 13.8. The number of aliphatic carboxylic acids is 1. The van der Waals surface area contributed by atoms with Crippen LogP contribution in [0, 0.1) is 6.92 Å². The number of unbranched alkanes of at least 4 members (excludes halogenated alkanes) is 1. The Bertz CT molecular complexity index is 507. The van der Waals surface area contributed by atoms with Crippen molar-refractivity contribution in [3.63, 3.8) is 0 Å². The first-order valence-corrected chi connectivity index (χ1v) is 8.02. The quantitative estimate of drug-likeness (QED) is 0.789. The maximum atomic E-state index is 11.9. The van der Waals surface area contributed by atoms with Crippen LogP contribution in [0.1, 0.15) is 54.5 Å². The number of carbonyl (C=O) groups excluding carboxylic acids is 1. The van der Waals surface area contributed by atoms with Crippen molar-refractivity contribution in [3.05, 3.63) is 16.0 Å². The summed E-state index contributed by atoms with van der Waals surface area (Å²) in [4.78, 5) is 23.7. The molecule has 20 heavy (non-hydrogen) atoms. The Hall–Kier alpha value is -1.36. The average Bonchev–Trinajstić information content (AvgIpc) is 2.72. The van der Waals surface area contributed by atoms with E-state index in [1.165, 1.54) is 28.8 Å². The number of carboxylic acids is 1. The number of hydrogen-bond acceptors (Lipinski definition) is 3. The Morgan fingerprint density at radius 3 is 2.60 bits per heavy atom. The smallest absolute Gasteiger partial charge is 0.303 e. The van der Waals surface area contributed by atoms with Gasteiger partial charge in [-0.15, -0.1) is 11.3 Å². The highest BCUT2D eigenvalue weighted by Gasteiger charge is 2.18. The molecule has 0 aliphatic heterocycles. The average molecular weight is 295 g/mol. The van der Waals surface area contributed by atoms with Gasteiger partial charge in [-0.2, -0.15) is 0 Å². The van der Waals surface area contributed by atoms with Gasteiger partial charge >= 0.3 is 5.97 Å². The summed E-state index contributed by atoms with van der Waals surface area (Å²) in [5.74, 6) is -0.802. The maximum absolute atomic E-state index is 11.9. The highest BCUT2D eigenvalue weighted by atomic mass is 32.1. The standard InChI is InChI=1S/C15H21NO3S/c1-10-11-6-2-3-7-12(11)20-15(10)16-13(17)8-4-5-9-14(18)19/h2-9H2,1H3,(H,16,17)(H,18,19). The summed E-state index contributed by atoms with van der Waals surface area (Å²) in [5.41, 5.74) is 2.66. The van der Waals surface area contributed by atoms with Crippen LogP contribution in [0.4, 0.5) is 5.00 Å². The van der Waals surface area contributed by atoms with Crippen molar-refractivity contribution in [2.75, 3.05) is 5.32 Å². The Morgan fingerprint density at radius 2 is 1.90 bits per heavy atom. The summed E-state index contributed by atoms with van der Waals surface area (Å²) >= 11 is 1.71. The molecule has 1 aliphatic rings. The first kappa shape index (κ1) is 15.0. The first-order chi connectivity index (χ1) is 9.58. The van der Waals surface area contributed by atoms with Crippen LogP contribution in [0.5, 0.6) is 0 Å². The minimum atomic E-state index is -0.799. The van der Waals surface area contributed by atoms with Crippen molar-refractivity contribution in [3.8, 4) is 0 Å². The largest absolute Gasteiger partial charge is 0.481 e. The van der Waals surface area contributed by atoms with Crippen molar-refractivity contribution < 1.29 is 14.7 Å². The first-order valence-electron chi connectivity index (χ1n) is 7.20. The zero-order valence-corrected chi connectivity index (χ0v) is 12.6. The van der Waals surface area contributed by atoms with E-state index in [1.54, 1.807) is 11.3 Å². The van der Waals surface area contributed by atoms with Gasteiger partial charge in [-0.3, -0.25) is 9.59 Å². The van der Waals surface area contributed by atoms with E-state index in [-0.39, 0.29) is 12.3 Å². The van der Waals surface area contributed by atoms with Crippen LogP contribution < -0.4 is 5.32 Å². The number of amides is 1. The fourth-order valence-corrected chi connectivity index (χ4v) is 3.91. The van der Waals surface area contributed by atoms with E-state index in [0.29, 0.717) is 19.3 Å². The number of aryl methyl sites for hydroxylation is 1. The predicted octanol–water partition coefficient (Wildman–Crippen LogP) is 3.52. The molecule has 4 nitrogen and oxygen atoms in total. The Balaban J connectivity index is 1.85. The number of rotatable bonds is 6. The van der Waals surface area contributed by atoms with Crippen LogP contribution in [0.3, 0.4) is 0 Å². The van der Waals surface area contributed by atoms with Crippen molar-refractivity contribution in [2.45, 2.75) is 58.3 Å². The molecule has 0 atom stereocenters. The van der Waals surface area contributed by atoms with Gasteiger partial charge in [0, 0.05) is 17.7 Å². The summed E-state index contributed by atoms with van der Waals surface area (Å²) in [6.07, 6.45) is 6.48. The summed E-state index contributed by atoms with van der Waals surface area (Å²) in [7, 11) is 0. The van der Waals surface area contributed by atoms with Crippen molar-refractivity contribution in [1.82, 2.24) is 0 Å². The molecule has 0 unspecified atom stereocenters. The molecule has 0 aromatic carbocycles. The topological polar surface area (TPSA) is 66.4 Å². The molecular weight excluding hydrogens is 274 g/mol. The molecule has 1 aromatic heterocycles. The minimum absolute atomic E-state index is 0.00270. The number of nitrogens with one attached hydrogen (secondary N) is 1. The summed E-state index contributed by atoms with van der Waals surface area (Å²) in [6.45, 7) is 2.08. The fourth-order valence-electron chi connectivity index (χ4n) is 2.59. The Morgan fingerprint density at radius 1 is 1.20 bits per heavy atom. The molecule has 0 fully saturated rings. The zero-order valence-electron chi connectivity index (χ0n) is 11.8. The van der Waals surface area contributed by atoms with Gasteiger partial charge in [0.15, 0.2) is 0 Å². The molecule has 1 aromatic rings. The maximum Gasteiger partial charge on any atom is 0.303 e. The second-order valence-electron chi connectivity index (χ2n) is 5.31. The molecule has 5 heteroatoms. The monoisotopic (exact) mass is 295 g/mol. The lowest BCUT2D eigenvalue weighted by atomic mass is 9.96. The van der Waals surface area contributed by atoms with Crippen LogP contribution in [0.25, 0.3) is 0 Å². The second-order valence-corrected chi connectivity index (χ2v) is 6.42. The number of anilines is 1. The minimum Gasteiger partial charge on any atom is -0.481 e. The molecule has 2 rings (SSSR count). The third-order valence-corrected chi connectivity index (χ3v) is 5.04. The van der Waals surface area contributed by atoms with E-state index in [0.717, 1.165) is 17.8 Å². The molecule has 0 radical (unpaired) electrons. The van der Waals surface area contributed by atoms with Gasteiger partial charge in [0.05, 0.1) is 5.00 Å². The molecule has 110 valence electrons. The fraction of sp³-hybridized carbons (Fsp3) is 0.600. The number of carbonyl (C=O) groups is 2. The van der Waals surface area contributed by atoms with E-state index in [4.69, 9.17) is 5.11 Å². The lowest BCUT2D eigenvalue weighted by molar-refractivity contribution is -0.137.